The van der Waals surface area contributed by atoms with Gasteiger partial charge >= 0.3 is 6.03 Å². The Balaban J connectivity index is 1.29. The lowest BCUT2D eigenvalue weighted by Gasteiger charge is -2.36. The summed E-state index contributed by atoms with van der Waals surface area (Å²) in [7, 11) is 0. The average molecular weight is 457 g/mol. The third-order valence-corrected chi connectivity index (χ3v) is 5.88. The van der Waals surface area contributed by atoms with Crippen molar-refractivity contribution in [3.8, 4) is 17.2 Å². The van der Waals surface area contributed by atoms with Crippen molar-refractivity contribution in [1.29, 1.82) is 0 Å². The average Bonchev–Trinajstić information content (AvgIpc) is 3.29. The van der Waals surface area contributed by atoms with Crippen molar-refractivity contribution >= 4 is 23.5 Å². The van der Waals surface area contributed by atoms with Gasteiger partial charge in [0.1, 0.15) is 23.3 Å². The van der Waals surface area contributed by atoms with Crippen LogP contribution in [0.1, 0.15) is 6.42 Å². The number of carbonyl (C=O) groups is 3. The smallest absolute Gasteiger partial charge is 0.329 e. The van der Waals surface area contributed by atoms with E-state index in [2.05, 4.69) is 5.32 Å². The molecule has 2 aliphatic rings. The first-order valence-electron chi connectivity index (χ1n) is 11.0. The monoisotopic (exact) mass is 457 g/mol. The molecule has 0 aliphatic carbocycles. The van der Waals surface area contributed by atoms with Crippen LogP contribution < -0.4 is 19.7 Å². The first kappa shape index (κ1) is 21.5. The number of hydrogen-bond donors (Lipinski definition) is 1. The number of benzene rings is 3. The van der Waals surface area contributed by atoms with Crippen molar-refractivity contribution < 1.29 is 23.9 Å². The standard InChI is InChI=1S/C26H23N3O5/c30-23(17-33-19-7-3-1-4-8-19)28-16-15-22-24(28)25(31)29(26(32)27-22)18-11-13-21(14-12-18)34-20-9-5-2-6-10-20/h1-14,22,24H,15-17H2,(H,27,32). The minimum absolute atomic E-state index is 0.181. The van der Waals surface area contributed by atoms with Gasteiger partial charge in [-0.05, 0) is 55.0 Å². The molecule has 2 heterocycles. The molecule has 0 radical (unpaired) electrons. The van der Waals surface area contributed by atoms with E-state index >= 15 is 0 Å². The Kier molecular flexibility index (Phi) is 5.86. The van der Waals surface area contributed by atoms with Crippen LogP contribution in [0.4, 0.5) is 10.5 Å². The highest BCUT2D eigenvalue weighted by Crippen LogP contribution is 2.30. The Morgan fingerprint density at radius 2 is 1.47 bits per heavy atom. The molecule has 0 aromatic heterocycles. The van der Waals surface area contributed by atoms with Gasteiger partial charge in [-0.15, -0.1) is 0 Å². The van der Waals surface area contributed by atoms with E-state index in [1.807, 2.05) is 48.5 Å². The number of likely N-dealkylation sites (tertiary alicyclic amines) is 1. The van der Waals surface area contributed by atoms with Crippen molar-refractivity contribution in [1.82, 2.24) is 10.2 Å². The Labute approximate surface area is 196 Å². The summed E-state index contributed by atoms with van der Waals surface area (Å²) < 4.78 is 11.4. The van der Waals surface area contributed by atoms with E-state index < -0.39 is 24.0 Å². The molecule has 5 rings (SSSR count). The fourth-order valence-corrected chi connectivity index (χ4v) is 4.26. The van der Waals surface area contributed by atoms with Crippen LogP contribution in [-0.4, -0.2) is 48.0 Å². The number of para-hydroxylation sites is 2. The number of nitrogens with one attached hydrogen (secondary N) is 1. The molecule has 0 saturated carbocycles. The van der Waals surface area contributed by atoms with Crippen LogP contribution in [0.5, 0.6) is 17.2 Å². The van der Waals surface area contributed by atoms with Crippen LogP contribution in [0.3, 0.4) is 0 Å². The minimum atomic E-state index is -0.773. The van der Waals surface area contributed by atoms with E-state index in [1.54, 1.807) is 36.4 Å². The zero-order chi connectivity index (χ0) is 23.5. The highest BCUT2D eigenvalue weighted by atomic mass is 16.5. The van der Waals surface area contributed by atoms with E-state index in [1.165, 1.54) is 4.90 Å². The number of amides is 4. The highest BCUT2D eigenvalue weighted by molar-refractivity contribution is 6.19. The van der Waals surface area contributed by atoms with Gasteiger partial charge < -0.3 is 19.7 Å². The maximum atomic E-state index is 13.4. The molecule has 8 nitrogen and oxygen atoms in total. The van der Waals surface area contributed by atoms with Crippen molar-refractivity contribution in [3.05, 3.63) is 84.9 Å². The second-order valence-electron chi connectivity index (χ2n) is 8.06. The van der Waals surface area contributed by atoms with Crippen LogP contribution in [-0.2, 0) is 9.59 Å². The van der Waals surface area contributed by atoms with Crippen molar-refractivity contribution in [3.63, 3.8) is 0 Å². The molecule has 2 unspecified atom stereocenters. The van der Waals surface area contributed by atoms with Crippen molar-refractivity contribution in [2.45, 2.75) is 18.5 Å². The van der Waals surface area contributed by atoms with Crippen LogP contribution in [0.25, 0.3) is 0 Å². The molecule has 4 amide bonds. The van der Waals surface area contributed by atoms with E-state index in [0.29, 0.717) is 35.9 Å². The van der Waals surface area contributed by atoms with Crippen molar-refractivity contribution in [2.75, 3.05) is 18.1 Å². The number of urea groups is 1. The molecule has 3 aromatic rings. The van der Waals surface area contributed by atoms with Gasteiger partial charge in [-0.3, -0.25) is 9.59 Å². The maximum absolute atomic E-state index is 13.4. The van der Waals surface area contributed by atoms with E-state index in [0.717, 1.165) is 4.90 Å². The zero-order valence-electron chi connectivity index (χ0n) is 18.3. The minimum Gasteiger partial charge on any atom is -0.484 e. The highest BCUT2D eigenvalue weighted by Gasteiger charge is 2.49. The third-order valence-electron chi connectivity index (χ3n) is 5.88. The van der Waals surface area contributed by atoms with E-state index in [-0.39, 0.29) is 12.5 Å². The normalized spacial score (nSPS) is 19.4. The molecular weight excluding hydrogens is 434 g/mol. The van der Waals surface area contributed by atoms with E-state index in [4.69, 9.17) is 9.47 Å². The summed E-state index contributed by atoms with van der Waals surface area (Å²) >= 11 is 0. The van der Waals surface area contributed by atoms with Gasteiger partial charge in [0.2, 0.25) is 0 Å². The molecule has 3 aromatic carbocycles. The largest absolute Gasteiger partial charge is 0.484 e. The summed E-state index contributed by atoms with van der Waals surface area (Å²) in [6, 6.07) is 23.3. The topological polar surface area (TPSA) is 88.2 Å². The van der Waals surface area contributed by atoms with Crippen molar-refractivity contribution in [2.24, 2.45) is 0 Å². The van der Waals surface area contributed by atoms with Gasteiger partial charge in [0.05, 0.1) is 11.7 Å². The number of rotatable bonds is 6. The molecule has 2 aliphatic heterocycles. The molecule has 172 valence electrons. The van der Waals surface area contributed by atoms with Gasteiger partial charge in [0.15, 0.2) is 6.61 Å². The molecule has 2 atom stereocenters. The number of carbonyl (C=O) groups excluding carboxylic acids is 3. The predicted molar refractivity (Wildman–Crippen MR) is 125 cm³/mol. The third kappa shape index (κ3) is 4.30. The van der Waals surface area contributed by atoms with Gasteiger partial charge in [-0.1, -0.05) is 36.4 Å². The summed E-state index contributed by atoms with van der Waals surface area (Å²) in [6.07, 6.45) is 0.511. The second-order valence-corrected chi connectivity index (χ2v) is 8.06. The van der Waals surface area contributed by atoms with Crippen LogP contribution in [0, 0.1) is 0 Å². The number of imide groups is 1. The number of fused-ring (bicyclic) bond motifs is 1. The summed E-state index contributed by atoms with van der Waals surface area (Å²) in [5.41, 5.74) is 0.404. The number of hydrogen-bond acceptors (Lipinski definition) is 5. The molecule has 2 saturated heterocycles. The Morgan fingerprint density at radius 1 is 0.853 bits per heavy atom. The van der Waals surface area contributed by atoms with Gasteiger partial charge in [-0.2, -0.15) is 0 Å². The summed E-state index contributed by atoms with van der Waals surface area (Å²) in [4.78, 5) is 41.6. The quantitative estimate of drug-likeness (QED) is 0.611. The van der Waals surface area contributed by atoms with Gasteiger partial charge in [0, 0.05) is 6.54 Å². The molecule has 34 heavy (non-hydrogen) atoms. The lowest BCUT2D eigenvalue weighted by molar-refractivity contribution is -0.139. The Bertz CT molecular complexity index is 1180. The predicted octanol–water partition coefficient (Wildman–Crippen LogP) is 3.58. The number of ether oxygens (including phenoxy) is 2. The van der Waals surface area contributed by atoms with E-state index in [9.17, 15) is 14.4 Å². The zero-order valence-corrected chi connectivity index (χ0v) is 18.3. The molecule has 1 N–H and O–H groups in total. The molecule has 0 spiro atoms. The molecule has 8 heteroatoms. The van der Waals surface area contributed by atoms with Crippen LogP contribution >= 0.6 is 0 Å². The lowest BCUT2D eigenvalue weighted by atomic mass is 10.0. The Morgan fingerprint density at radius 3 is 2.15 bits per heavy atom. The number of anilines is 1. The van der Waals surface area contributed by atoms with Gasteiger partial charge in [0.25, 0.3) is 11.8 Å². The fraction of sp³-hybridized carbons (Fsp3) is 0.192. The molecular formula is C26H23N3O5. The second kappa shape index (κ2) is 9.27. The van der Waals surface area contributed by atoms with Crippen LogP contribution in [0.15, 0.2) is 84.9 Å². The first-order chi connectivity index (χ1) is 16.6. The molecule has 2 fully saturated rings. The maximum Gasteiger partial charge on any atom is 0.329 e. The lowest BCUT2D eigenvalue weighted by Crippen LogP contribution is -2.65. The summed E-state index contributed by atoms with van der Waals surface area (Å²) in [6.45, 7) is 0.190. The Hall–Kier alpha value is -4.33. The number of nitrogens with zero attached hydrogens (tertiary/aromatic N) is 2. The van der Waals surface area contributed by atoms with Gasteiger partial charge in [-0.25, -0.2) is 9.69 Å². The summed E-state index contributed by atoms with van der Waals surface area (Å²) in [5.74, 6) is 1.11. The first-order valence-corrected chi connectivity index (χ1v) is 11.0. The molecule has 0 bridgehead atoms. The summed E-state index contributed by atoms with van der Waals surface area (Å²) in [5, 5.41) is 2.87. The van der Waals surface area contributed by atoms with Crippen LogP contribution in [0.2, 0.25) is 0 Å². The fourth-order valence-electron chi connectivity index (χ4n) is 4.26. The SMILES string of the molecule is O=C1NC2CCN(C(=O)COc3ccccc3)C2C(=O)N1c1ccc(Oc2ccccc2)cc1.